The molecular formula is C20H21N3O5S3. The maximum absolute atomic E-state index is 12.5. The van der Waals surface area contributed by atoms with Gasteiger partial charge in [-0.1, -0.05) is 29.5 Å². The van der Waals surface area contributed by atoms with Crippen molar-refractivity contribution in [1.29, 1.82) is 0 Å². The van der Waals surface area contributed by atoms with Gasteiger partial charge in [0.05, 0.1) is 21.7 Å². The number of aromatic nitrogens is 1. The number of carbonyl (C=O) groups is 2. The average Bonchev–Trinajstić information content (AvgIpc) is 3.04. The number of fused-ring (bicyclic) bond motifs is 1. The van der Waals surface area contributed by atoms with Gasteiger partial charge in [0.2, 0.25) is 15.9 Å². The third-order valence-electron chi connectivity index (χ3n) is 4.12. The highest BCUT2D eigenvalue weighted by atomic mass is 32.2. The highest BCUT2D eigenvalue weighted by Gasteiger charge is 2.15. The van der Waals surface area contributed by atoms with Crippen LogP contribution in [-0.2, 0) is 30.9 Å². The van der Waals surface area contributed by atoms with Gasteiger partial charge in [-0.2, -0.15) is 4.99 Å². The molecule has 1 amide bonds. The second kappa shape index (κ2) is 10.2. The molecule has 0 unspecified atom stereocenters. The van der Waals surface area contributed by atoms with E-state index in [9.17, 15) is 18.0 Å². The van der Waals surface area contributed by atoms with Crippen molar-refractivity contribution in [3.05, 3.63) is 53.3 Å². The molecule has 0 aliphatic rings. The summed E-state index contributed by atoms with van der Waals surface area (Å²) >= 11 is 2.66. The molecule has 2 N–H and O–H groups in total. The normalized spacial score (nSPS) is 12.3. The van der Waals surface area contributed by atoms with Crippen molar-refractivity contribution in [2.75, 3.05) is 12.4 Å². The van der Waals surface area contributed by atoms with Gasteiger partial charge in [-0.15, -0.1) is 11.8 Å². The van der Waals surface area contributed by atoms with Gasteiger partial charge >= 0.3 is 5.97 Å². The topological polar surface area (TPSA) is 121 Å². The van der Waals surface area contributed by atoms with Crippen molar-refractivity contribution in [3.8, 4) is 0 Å². The van der Waals surface area contributed by atoms with Crippen LogP contribution in [-0.4, -0.2) is 37.2 Å². The Balaban J connectivity index is 1.90. The summed E-state index contributed by atoms with van der Waals surface area (Å²) in [6.07, 6.45) is 0.218. The number of benzene rings is 2. The van der Waals surface area contributed by atoms with E-state index in [0.717, 1.165) is 16.2 Å². The summed E-state index contributed by atoms with van der Waals surface area (Å²) in [6, 6.07) is 14.0. The predicted octanol–water partition coefficient (Wildman–Crippen LogP) is 2.52. The molecule has 0 saturated heterocycles. The molecule has 2 aromatic carbocycles. The Hall–Kier alpha value is -2.47. The molecule has 1 heterocycles. The van der Waals surface area contributed by atoms with Crippen LogP contribution in [0.1, 0.15) is 13.3 Å². The van der Waals surface area contributed by atoms with Crippen LogP contribution in [0.4, 0.5) is 0 Å². The molecular weight excluding hydrogens is 458 g/mol. The van der Waals surface area contributed by atoms with Crippen LogP contribution in [0.5, 0.6) is 0 Å². The van der Waals surface area contributed by atoms with Crippen molar-refractivity contribution < 1.29 is 22.7 Å². The Bertz CT molecular complexity index is 1260. The van der Waals surface area contributed by atoms with Crippen LogP contribution < -0.4 is 9.94 Å². The molecule has 164 valence electrons. The maximum Gasteiger partial charge on any atom is 0.326 e. The predicted molar refractivity (Wildman–Crippen MR) is 120 cm³/mol. The van der Waals surface area contributed by atoms with Crippen LogP contribution in [0.3, 0.4) is 0 Å². The first-order valence-electron chi connectivity index (χ1n) is 9.35. The molecule has 0 bridgehead atoms. The van der Waals surface area contributed by atoms with Gasteiger partial charge in [-0.05, 0) is 37.3 Å². The summed E-state index contributed by atoms with van der Waals surface area (Å²) in [7, 11) is -3.89. The molecule has 0 fully saturated rings. The van der Waals surface area contributed by atoms with Crippen LogP contribution in [0, 0.1) is 0 Å². The number of rotatable bonds is 8. The fraction of sp³-hybridized carbons (Fsp3) is 0.250. The van der Waals surface area contributed by atoms with E-state index in [1.165, 1.54) is 12.1 Å². The number of nitrogens with two attached hydrogens (primary N) is 1. The zero-order valence-corrected chi connectivity index (χ0v) is 19.1. The number of ether oxygens (including phenoxy) is 1. The molecule has 3 rings (SSSR count). The van der Waals surface area contributed by atoms with E-state index in [-0.39, 0.29) is 30.4 Å². The second-order valence-electron chi connectivity index (χ2n) is 6.37. The number of hydrogen-bond acceptors (Lipinski definition) is 7. The molecule has 3 aromatic rings. The standard InChI is InChI=1S/C20H21N3O5S3/c1-2-28-19(25)13-23-16-9-8-15(31(21,26)27)12-17(16)30-20(23)22-18(24)10-11-29-14-6-4-3-5-7-14/h3-9,12H,2,10-11,13H2,1H3,(H2,21,26,27). The first-order valence-corrected chi connectivity index (χ1v) is 12.7. The van der Waals surface area contributed by atoms with E-state index < -0.39 is 16.0 Å². The van der Waals surface area contributed by atoms with Crippen molar-refractivity contribution in [2.45, 2.75) is 29.7 Å². The second-order valence-corrected chi connectivity index (χ2v) is 10.1. The largest absolute Gasteiger partial charge is 0.465 e. The molecule has 0 saturated carbocycles. The van der Waals surface area contributed by atoms with Crippen molar-refractivity contribution in [3.63, 3.8) is 0 Å². The molecule has 11 heteroatoms. The van der Waals surface area contributed by atoms with E-state index in [1.807, 2.05) is 30.3 Å². The van der Waals surface area contributed by atoms with E-state index >= 15 is 0 Å². The van der Waals surface area contributed by atoms with E-state index in [1.54, 1.807) is 29.3 Å². The van der Waals surface area contributed by atoms with Gasteiger partial charge in [0, 0.05) is 17.1 Å². The van der Waals surface area contributed by atoms with Gasteiger partial charge in [-0.3, -0.25) is 9.59 Å². The van der Waals surface area contributed by atoms with E-state index in [0.29, 0.717) is 20.8 Å². The molecule has 8 nitrogen and oxygen atoms in total. The van der Waals surface area contributed by atoms with Crippen LogP contribution >= 0.6 is 23.1 Å². The Morgan fingerprint density at radius 2 is 1.94 bits per heavy atom. The molecule has 0 spiro atoms. The van der Waals surface area contributed by atoms with Crippen molar-refractivity contribution >= 4 is 55.2 Å². The van der Waals surface area contributed by atoms with E-state index in [4.69, 9.17) is 9.88 Å². The molecule has 0 aliphatic heterocycles. The lowest BCUT2D eigenvalue weighted by Gasteiger charge is -2.05. The van der Waals surface area contributed by atoms with Crippen LogP contribution in [0.15, 0.2) is 63.3 Å². The summed E-state index contributed by atoms with van der Waals surface area (Å²) in [5, 5.41) is 5.21. The highest BCUT2D eigenvalue weighted by Crippen LogP contribution is 2.22. The summed E-state index contributed by atoms with van der Waals surface area (Å²) < 4.78 is 30.4. The van der Waals surface area contributed by atoms with E-state index in [2.05, 4.69) is 4.99 Å². The summed E-state index contributed by atoms with van der Waals surface area (Å²) in [6.45, 7) is 1.78. The zero-order valence-electron chi connectivity index (χ0n) is 16.7. The SMILES string of the molecule is CCOC(=O)Cn1c(=NC(=O)CCSc2ccccc2)sc2cc(S(N)(=O)=O)ccc21. The first kappa shape index (κ1) is 23.2. The minimum absolute atomic E-state index is 0.0540. The fourth-order valence-electron chi connectivity index (χ4n) is 2.74. The average molecular weight is 480 g/mol. The van der Waals surface area contributed by atoms with Gasteiger partial charge in [0.25, 0.3) is 0 Å². The number of thiazole rings is 1. The third kappa shape index (κ3) is 6.26. The monoisotopic (exact) mass is 479 g/mol. The first-order chi connectivity index (χ1) is 14.8. The zero-order chi connectivity index (χ0) is 22.4. The van der Waals surface area contributed by atoms with Gasteiger partial charge in [0.1, 0.15) is 6.54 Å². The number of carbonyl (C=O) groups excluding carboxylic acids is 2. The summed E-state index contributed by atoms with van der Waals surface area (Å²) in [5.41, 5.74) is 0.565. The minimum atomic E-state index is -3.89. The Morgan fingerprint density at radius 3 is 2.61 bits per heavy atom. The quantitative estimate of drug-likeness (QED) is 0.391. The lowest BCUT2D eigenvalue weighted by atomic mass is 10.3. The third-order valence-corrected chi connectivity index (χ3v) is 7.09. The molecule has 1 aromatic heterocycles. The Labute approximate surface area is 187 Å². The Morgan fingerprint density at radius 1 is 1.19 bits per heavy atom. The fourth-order valence-corrected chi connectivity index (χ4v) is 5.30. The van der Waals surface area contributed by atoms with Gasteiger partial charge in [0.15, 0.2) is 4.80 Å². The smallest absolute Gasteiger partial charge is 0.326 e. The van der Waals surface area contributed by atoms with Gasteiger partial charge < -0.3 is 9.30 Å². The lowest BCUT2D eigenvalue weighted by molar-refractivity contribution is -0.143. The number of thioether (sulfide) groups is 1. The number of sulfonamides is 1. The number of nitrogens with zero attached hydrogens (tertiary/aromatic N) is 2. The van der Waals surface area contributed by atoms with Crippen molar-refractivity contribution in [2.24, 2.45) is 10.1 Å². The van der Waals surface area contributed by atoms with Crippen LogP contribution in [0.25, 0.3) is 10.2 Å². The van der Waals surface area contributed by atoms with Gasteiger partial charge in [-0.25, -0.2) is 13.6 Å². The minimum Gasteiger partial charge on any atom is -0.465 e. The number of hydrogen-bond donors (Lipinski definition) is 1. The summed E-state index contributed by atoms with van der Waals surface area (Å²) in [4.78, 5) is 30.0. The lowest BCUT2D eigenvalue weighted by Crippen LogP contribution is -2.23. The van der Waals surface area contributed by atoms with Crippen LogP contribution in [0.2, 0.25) is 0 Å². The van der Waals surface area contributed by atoms with Crippen molar-refractivity contribution in [1.82, 2.24) is 4.57 Å². The number of amides is 1. The number of primary sulfonamides is 1. The summed E-state index contributed by atoms with van der Waals surface area (Å²) in [5.74, 6) is -0.254. The molecule has 0 aliphatic carbocycles. The molecule has 0 atom stereocenters. The number of esters is 1. The Kier molecular flexibility index (Phi) is 7.65. The maximum atomic E-state index is 12.5. The molecule has 0 radical (unpaired) electrons. The molecule has 31 heavy (non-hydrogen) atoms. The highest BCUT2D eigenvalue weighted by molar-refractivity contribution is 7.99.